The summed E-state index contributed by atoms with van der Waals surface area (Å²) in [6.07, 6.45) is 1.47. The zero-order valence-electron chi connectivity index (χ0n) is 11.3. The molecule has 1 N–H and O–H groups in total. The fourth-order valence-electron chi connectivity index (χ4n) is 2.41. The molecular weight excluding hydrogens is 240 g/mol. The van der Waals surface area contributed by atoms with Crippen molar-refractivity contribution >= 4 is 11.1 Å². The van der Waals surface area contributed by atoms with Gasteiger partial charge in [0.05, 0.1) is 17.9 Å². The van der Waals surface area contributed by atoms with E-state index in [-0.39, 0.29) is 0 Å². The Bertz CT molecular complexity index is 726. The summed E-state index contributed by atoms with van der Waals surface area (Å²) < 4.78 is 7.48. The molecule has 0 fully saturated rings. The van der Waals surface area contributed by atoms with Gasteiger partial charge in [-0.3, -0.25) is 0 Å². The molecule has 98 valence electrons. The summed E-state index contributed by atoms with van der Waals surface area (Å²) in [6, 6.07) is 6.03. The minimum Gasteiger partial charge on any atom is -0.443 e. The van der Waals surface area contributed by atoms with E-state index < -0.39 is 0 Å². The highest BCUT2D eigenvalue weighted by atomic mass is 16.3. The molecule has 1 aromatic carbocycles. The quantitative estimate of drug-likeness (QED) is 0.781. The summed E-state index contributed by atoms with van der Waals surface area (Å²) >= 11 is 0. The van der Waals surface area contributed by atoms with Gasteiger partial charge in [-0.05, 0) is 26.1 Å². The van der Waals surface area contributed by atoms with Crippen LogP contribution in [-0.4, -0.2) is 21.6 Å². The molecule has 0 saturated heterocycles. The third-order valence-corrected chi connectivity index (χ3v) is 3.30. The van der Waals surface area contributed by atoms with E-state index in [1.165, 1.54) is 6.39 Å². The van der Waals surface area contributed by atoms with Crippen LogP contribution >= 0.6 is 0 Å². The summed E-state index contributed by atoms with van der Waals surface area (Å²) in [7, 11) is 3.96. The lowest BCUT2D eigenvalue weighted by Crippen LogP contribution is -2.10. The number of nitrogens with zero attached hydrogens (tertiary/aromatic N) is 3. The molecule has 0 aliphatic carbocycles. The molecule has 3 rings (SSSR count). The molecule has 0 bridgehead atoms. The van der Waals surface area contributed by atoms with E-state index in [1.807, 2.05) is 33.2 Å². The van der Waals surface area contributed by atoms with Gasteiger partial charge in [0.15, 0.2) is 12.0 Å². The zero-order chi connectivity index (χ0) is 13.4. The van der Waals surface area contributed by atoms with Crippen molar-refractivity contribution in [1.29, 1.82) is 0 Å². The summed E-state index contributed by atoms with van der Waals surface area (Å²) in [5.74, 6) is 1.02. The van der Waals surface area contributed by atoms with Gasteiger partial charge in [0.2, 0.25) is 0 Å². The summed E-state index contributed by atoms with van der Waals surface area (Å²) in [5, 5.41) is 3.13. The summed E-state index contributed by atoms with van der Waals surface area (Å²) in [5.41, 5.74) is 4.90. The normalized spacial score (nSPS) is 11.3. The van der Waals surface area contributed by atoms with Crippen LogP contribution in [0.25, 0.3) is 22.4 Å². The van der Waals surface area contributed by atoms with E-state index >= 15 is 0 Å². The molecule has 0 atom stereocenters. The highest BCUT2D eigenvalue weighted by molar-refractivity contribution is 5.79. The molecule has 0 aliphatic rings. The summed E-state index contributed by atoms with van der Waals surface area (Å²) in [6.45, 7) is 2.78. The number of rotatable bonds is 3. The Balaban J connectivity index is 2.14. The van der Waals surface area contributed by atoms with Crippen molar-refractivity contribution < 1.29 is 4.42 Å². The zero-order valence-corrected chi connectivity index (χ0v) is 11.3. The van der Waals surface area contributed by atoms with Gasteiger partial charge in [-0.2, -0.15) is 0 Å². The van der Waals surface area contributed by atoms with E-state index in [9.17, 15) is 0 Å². The van der Waals surface area contributed by atoms with Crippen LogP contribution in [0.15, 0.2) is 29.0 Å². The number of aromatic nitrogens is 3. The first-order valence-corrected chi connectivity index (χ1v) is 6.21. The molecule has 19 heavy (non-hydrogen) atoms. The van der Waals surface area contributed by atoms with E-state index in [1.54, 1.807) is 0 Å². The smallest absolute Gasteiger partial charge is 0.181 e. The number of nitrogens with one attached hydrogen (secondary N) is 1. The number of hydrogen-bond donors (Lipinski definition) is 1. The Kier molecular flexibility index (Phi) is 2.83. The highest BCUT2D eigenvalue weighted by Gasteiger charge is 2.13. The van der Waals surface area contributed by atoms with Crippen LogP contribution in [0.2, 0.25) is 0 Å². The second-order valence-corrected chi connectivity index (χ2v) is 4.59. The van der Waals surface area contributed by atoms with E-state index in [2.05, 4.69) is 25.9 Å². The first-order valence-electron chi connectivity index (χ1n) is 6.21. The first kappa shape index (κ1) is 11.9. The Morgan fingerprint density at radius 2 is 2.21 bits per heavy atom. The van der Waals surface area contributed by atoms with Crippen molar-refractivity contribution in [2.75, 3.05) is 7.05 Å². The van der Waals surface area contributed by atoms with E-state index in [4.69, 9.17) is 4.42 Å². The molecular formula is C14H16N4O. The van der Waals surface area contributed by atoms with Crippen LogP contribution in [0.4, 0.5) is 0 Å². The molecule has 5 heteroatoms. The van der Waals surface area contributed by atoms with Crippen LogP contribution in [0, 0.1) is 6.92 Å². The number of hydrogen-bond acceptors (Lipinski definition) is 4. The number of benzene rings is 1. The predicted octanol–water partition coefficient (Wildman–Crippen LogP) is 2.26. The van der Waals surface area contributed by atoms with E-state index in [0.717, 1.165) is 40.4 Å². The molecule has 2 aromatic heterocycles. The van der Waals surface area contributed by atoms with Crippen molar-refractivity contribution in [1.82, 2.24) is 19.9 Å². The Morgan fingerprint density at radius 1 is 1.37 bits per heavy atom. The maximum Gasteiger partial charge on any atom is 0.181 e. The molecule has 5 nitrogen and oxygen atoms in total. The fourth-order valence-corrected chi connectivity index (χ4v) is 2.41. The van der Waals surface area contributed by atoms with Crippen molar-refractivity contribution in [3.05, 3.63) is 36.1 Å². The fraction of sp³-hybridized carbons (Fsp3) is 0.286. The molecule has 2 heterocycles. The van der Waals surface area contributed by atoms with Gasteiger partial charge in [0, 0.05) is 12.6 Å². The van der Waals surface area contributed by atoms with Gasteiger partial charge in [0.1, 0.15) is 11.3 Å². The molecule has 0 spiro atoms. The molecule has 3 aromatic rings. The van der Waals surface area contributed by atoms with Gasteiger partial charge in [-0.15, -0.1) is 0 Å². The minimum atomic E-state index is 0.752. The monoisotopic (exact) mass is 256 g/mol. The number of aryl methyl sites for hydroxylation is 1. The second-order valence-electron chi connectivity index (χ2n) is 4.59. The topological polar surface area (TPSA) is 55.9 Å². The second kappa shape index (κ2) is 4.51. The highest BCUT2D eigenvalue weighted by Crippen LogP contribution is 2.27. The number of fused-ring (bicyclic) bond motifs is 1. The lowest BCUT2D eigenvalue weighted by atomic mass is 10.1. The van der Waals surface area contributed by atoms with Crippen molar-refractivity contribution in [3.8, 4) is 11.3 Å². The van der Waals surface area contributed by atoms with Crippen LogP contribution in [-0.2, 0) is 13.6 Å². The standard InChI is InChI=1S/C14H16N4O/c1-9-14(18(3)13(17-9)7-15-2)10-4-5-11-12(6-10)19-8-16-11/h4-6,8,15H,7H2,1-3H3. The van der Waals surface area contributed by atoms with Crippen molar-refractivity contribution in [2.45, 2.75) is 13.5 Å². The largest absolute Gasteiger partial charge is 0.443 e. The average molecular weight is 256 g/mol. The van der Waals surface area contributed by atoms with Gasteiger partial charge in [-0.25, -0.2) is 9.97 Å². The maximum atomic E-state index is 5.36. The predicted molar refractivity (Wildman–Crippen MR) is 73.7 cm³/mol. The van der Waals surface area contributed by atoms with Gasteiger partial charge < -0.3 is 14.3 Å². The van der Waals surface area contributed by atoms with Crippen LogP contribution < -0.4 is 5.32 Å². The maximum absolute atomic E-state index is 5.36. The van der Waals surface area contributed by atoms with Crippen molar-refractivity contribution in [3.63, 3.8) is 0 Å². The lowest BCUT2D eigenvalue weighted by Gasteiger charge is -2.06. The molecule has 0 amide bonds. The molecule has 0 aliphatic heterocycles. The Morgan fingerprint density at radius 3 is 3.00 bits per heavy atom. The molecule has 0 unspecified atom stereocenters. The lowest BCUT2D eigenvalue weighted by molar-refractivity contribution is 0.602. The van der Waals surface area contributed by atoms with Crippen LogP contribution in [0.1, 0.15) is 11.5 Å². The van der Waals surface area contributed by atoms with Crippen LogP contribution in [0.5, 0.6) is 0 Å². The van der Waals surface area contributed by atoms with Gasteiger partial charge in [-0.1, -0.05) is 6.07 Å². The Labute approximate surface area is 111 Å². The number of oxazole rings is 1. The summed E-state index contributed by atoms with van der Waals surface area (Å²) in [4.78, 5) is 8.73. The van der Waals surface area contributed by atoms with Gasteiger partial charge >= 0.3 is 0 Å². The minimum absolute atomic E-state index is 0.752. The molecule has 0 saturated carbocycles. The molecule has 0 radical (unpaired) electrons. The third kappa shape index (κ3) is 1.92. The Hall–Kier alpha value is -2.14. The van der Waals surface area contributed by atoms with E-state index in [0.29, 0.717) is 0 Å². The average Bonchev–Trinajstić information content (AvgIpc) is 2.95. The van der Waals surface area contributed by atoms with Gasteiger partial charge in [0.25, 0.3) is 0 Å². The SMILES string of the molecule is CNCc1nc(C)c(-c2ccc3ncoc3c2)n1C. The van der Waals surface area contributed by atoms with Crippen molar-refractivity contribution in [2.24, 2.45) is 7.05 Å². The third-order valence-electron chi connectivity index (χ3n) is 3.30. The van der Waals surface area contributed by atoms with Crippen LogP contribution in [0.3, 0.4) is 0 Å². The first-order chi connectivity index (χ1) is 9.20. The number of imidazole rings is 1.